The first-order chi connectivity index (χ1) is 5.89. The van der Waals surface area contributed by atoms with Crippen LogP contribution >= 0.6 is 20.4 Å². The number of rotatable bonds is 2. The van der Waals surface area contributed by atoms with Gasteiger partial charge in [-0.2, -0.15) is 27.5 Å². The van der Waals surface area contributed by atoms with Crippen molar-refractivity contribution in [2.75, 3.05) is 6.16 Å². The van der Waals surface area contributed by atoms with Crippen LogP contribution in [0.3, 0.4) is 0 Å². The average molecular weight is 311 g/mol. The summed E-state index contributed by atoms with van der Waals surface area (Å²) in [6.07, 6.45) is 2.73. The van der Waals surface area contributed by atoms with Crippen molar-refractivity contribution in [2.24, 2.45) is 0 Å². The normalized spacial score (nSPS) is 8.00. The Morgan fingerprint density at radius 3 is 1.13 bits per heavy atom. The van der Waals surface area contributed by atoms with Crippen molar-refractivity contribution in [1.82, 2.24) is 0 Å². The van der Waals surface area contributed by atoms with Gasteiger partial charge >= 0.3 is 25.0 Å². The molecule has 0 aliphatic rings. The molecule has 0 aromatic rings. The quantitative estimate of drug-likeness (QED) is 0.417. The fourth-order valence-corrected chi connectivity index (χ4v) is 0.900. The van der Waals surface area contributed by atoms with Gasteiger partial charge in [-0.3, -0.25) is 0 Å². The van der Waals surface area contributed by atoms with Crippen LogP contribution < -0.4 is 0 Å². The number of halogens is 1. The largest absolute Gasteiger partial charge is 2.00 e. The SMILES string of the molecule is CCC[P+](O)(O)O.Cl.[CH2-]CC.[CH2-]CC.[Cu+2]. The molecule has 3 N–H and O–H groups in total. The summed E-state index contributed by atoms with van der Waals surface area (Å²) in [5.41, 5.74) is 0. The molecule has 6 heteroatoms. The van der Waals surface area contributed by atoms with E-state index < -0.39 is 7.94 Å². The van der Waals surface area contributed by atoms with Crippen LogP contribution in [0.5, 0.6) is 0 Å². The van der Waals surface area contributed by atoms with Gasteiger partial charge < -0.3 is 13.8 Å². The predicted molar refractivity (Wildman–Crippen MR) is 67.3 cm³/mol. The third-order valence-electron chi connectivity index (χ3n) is 0.524. The molecule has 0 saturated carbocycles. The summed E-state index contributed by atoms with van der Waals surface area (Å²) >= 11 is 0. The van der Waals surface area contributed by atoms with Gasteiger partial charge in [0.15, 0.2) is 0 Å². The molecular weight excluding hydrogens is 286 g/mol. The molecule has 15 heavy (non-hydrogen) atoms. The van der Waals surface area contributed by atoms with Crippen LogP contribution in [0.4, 0.5) is 0 Å². The van der Waals surface area contributed by atoms with E-state index in [4.69, 9.17) is 14.7 Å². The molecule has 1 radical (unpaired) electrons. The zero-order chi connectivity index (χ0) is 11.3. The van der Waals surface area contributed by atoms with Gasteiger partial charge in [0.1, 0.15) is 6.16 Å². The summed E-state index contributed by atoms with van der Waals surface area (Å²) in [5, 5.41) is 0. The monoisotopic (exact) mass is 310 g/mol. The molecular formula is C9H25ClCuO3P+. The summed E-state index contributed by atoms with van der Waals surface area (Å²) < 4.78 is 0. The van der Waals surface area contributed by atoms with Crippen LogP contribution in [0.15, 0.2) is 0 Å². The second-order valence-corrected chi connectivity index (χ2v) is 4.25. The second kappa shape index (κ2) is 24.4. The minimum Gasteiger partial charge on any atom is -0.344 e. The zero-order valence-electron chi connectivity index (χ0n) is 9.74. The van der Waals surface area contributed by atoms with Crippen LogP contribution in [0.1, 0.15) is 40.0 Å². The van der Waals surface area contributed by atoms with Crippen molar-refractivity contribution in [3.8, 4) is 0 Å². The summed E-state index contributed by atoms with van der Waals surface area (Å²) in [4.78, 5) is 24.7. The molecule has 0 amide bonds. The standard InChI is InChI=1S/C3H10O3P.2C3H7.ClH.Cu/c1-2-3-7(4,5)6;2*1-3-2;;/h4-6H,2-3H2,1H3;2*1,3H2,2H3;1H;/q+1;2*-1;;+2. The first-order valence-electron chi connectivity index (χ1n) is 4.54. The minimum atomic E-state index is -3.42. The predicted octanol–water partition coefficient (Wildman–Crippen LogP) is 3.02. The Kier molecular flexibility index (Phi) is 48.4. The molecule has 0 aromatic heterocycles. The van der Waals surface area contributed by atoms with E-state index in [1.165, 1.54) is 0 Å². The molecule has 0 atom stereocenters. The summed E-state index contributed by atoms with van der Waals surface area (Å²) in [5.74, 6) is 0. The molecule has 0 bridgehead atoms. The van der Waals surface area contributed by atoms with E-state index in [0.717, 1.165) is 12.8 Å². The minimum absolute atomic E-state index is 0. The van der Waals surface area contributed by atoms with Crippen molar-refractivity contribution in [2.45, 2.75) is 40.0 Å². The topological polar surface area (TPSA) is 60.7 Å². The van der Waals surface area contributed by atoms with E-state index in [-0.39, 0.29) is 35.6 Å². The third-order valence-corrected chi connectivity index (χ3v) is 1.57. The van der Waals surface area contributed by atoms with E-state index in [9.17, 15) is 0 Å². The van der Waals surface area contributed by atoms with Crippen LogP contribution in [0.2, 0.25) is 0 Å². The van der Waals surface area contributed by atoms with Crippen LogP contribution in [0, 0.1) is 13.8 Å². The van der Waals surface area contributed by atoms with Gasteiger partial charge in [-0.05, 0) is 6.42 Å². The molecule has 0 spiro atoms. The molecule has 0 unspecified atom stereocenters. The van der Waals surface area contributed by atoms with E-state index in [1.54, 1.807) is 6.92 Å². The first kappa shape index (κ1) is 29.8. The van der Waals surface area contributed by atoms with E-state index in [0.29, 0.717) is 6.42 Å². The summed E-state index contributed by atoms with van der Waals surface area (Å²) in [6.45, 7) is 12.8. The Labute approximate surface area is 112 Å². The summed E-state index contributed by atoms with van der Waals surface area (Å²) in [6, 6.07) is 0. The first-order valence-corrected chi connectivity index (χ1v) is 6.37. The fraction of sp³-hybridized carbons (Fsp3) is 0.778. The van der Waals surface area contributed by atoms with Gasteiger partial charge in [0.2, 0.25) is 0 Å². The number of hydrogen-bond acceptors (Lipinski definition) is 3. The van der Waals surface area contributed by atoms with Crippen molar-refractivity contribution in [3.05, 3.63) is 13.8 Å². The Hall–Kier alpha value is 1.12. The van der Waals surface area contributed by atoms with Gasteiger partial charge in [-0.1, -0.05) is 20.8 Å². The maximum Gasteiger partial charge on any atom is 2.00 e. The van der Waals surface area contributed by atoms with Crippen molar-refractivity contribution in [3.63, 3.8) is 0 Å². The Balaban J connectivity index is -0.0000000361. The molecule has 0 heterocycles. The second-order valence-electron chi connectivity index (χ2n) is 2.42. The molecule has 3 nitrogen and oxygen atoms in total. The van der Waals surface area contributed by atoms with Gasteiger partial charge in [-0.15, -0.1) is 12.4 Å². The Morgan fingerprint density at radius 1 is 0.933 bits per heavy atom. The zero-order valence-corrected chi connectivity index (χ0v) is 12.4. The van der Waals surface area contributed by atoms with Crippen LogP contribution in [-0.4, -0.2) is 20.8 Å². The maximum absolute atomic E-state index is 8.24. The van der Waals surface area contributed by atoms with Gasteiger partial charge in [0.25, 0.3) is 0 Å². The van der Waals surface area contributed by atoms with Gasteiger partial charge in [-0.25, -0.2) is 0 Å². The average Bonchev–Trinajstić information content (AvgIpc) is 1.87. The molecule has 0 aromatic carbocycles. The van der Waals surface area contributed by atoms with Crippen molar-refractivity contribution < 1.29 is 31.7 Å². The van der Waals surface area contributed by atoms with Crippen molar-refractivity contribution in [1.29, 1.82) is 0 Å². The molecule has 0 aliphatic carbocycles. The molecule has 0 saturated heterocycles. The molecule has 0 aliphatic heterocycles. The number of hydrogen-bond donors (Lipinski definition) is 3. The maximum atomic E-state index is 8.24. The summed E-state index contributed by atoms with van der Waals surface area (Å²) in [7, 11) is -3.42. The van der Waals surface area contributed by atoms with E-state index in [2.05, 4.69) is 13.8 Å². The van der Waals surface area contributed by atoms with E-state index in [1.807, 2.05) is 13.8 Å². The molecule has 0 fully saturated rings. The third kappa shape index (κ3) is 99.3. The van der Waals surface area contributed by atoms with Crippen LogP contribution in [-0.2, 0) is 17.1 Å². The van der Waals surface area contributed by atoms with Crippen LogP contribution in [0.25, 0.3) is 0 Å². The molecule has 0 rings (SSSR count). The van der Waals surface area contributed by atoms with E-state index >= 15 is 0 Å². The van der Waals surface area contributed by atoms with Crippen molar-refractivity contribution >= 4 is 20.4 Å². The smallest absolute Gasteiger partial charge is 0.344 e. The Morgan fingerprint density at radius 2 is 1.13 bits per heavy atom. The van der Waals surface area contributed by atoms with Gasteiger partial charge in [0, 0.05) is 0 Å². The Bertz CT molecular complexity index is 80.2. The fourth-order valence-electron chi connectivity index (χ4n) is 0.300. The molecule has 101 valence electrons. The van der Waals surface area contributed by atoms with Gasteiger partial charge in [0.05, 0.1) is 0 Å².